The lowest BCUT2D eigenvalue weighted by atomic mass is 9.87. The zero-order valence-corrected chi connectivity index (χ0v) is 9.33. The fourth-order valence-corrected chi connectivity index (χ4v) is 2.18. The molecule has 0 saturated carbocycles. The molecule has 17 heavy (non-hydrogen) atoms. The van der Waals surface area contributed by atoms with Gasteiger partial charge in [0.2, 0.25) is 0 Å². The van der Waals surface area contributed by atoms with Crippen LogP contribution in [0.3, 0.4) is 0 Å². The molecular weight excluding hydrogens is 228 g/mol. The predicted molar refractivity (Wildman–Crippen MR) is 58.5 cm³/mol. The fraction of sp³-hybridized carbons (Fsp3) is 0.500. The molecule has 0 bridgehead atoms. The Hall–Kier alpha value is -1.20. The number of phenolic OH excluding ortho intramolecular Hbond substituents is 1. The van der Waals surface area contributed by atoms with E-state index in [0.29, 0.717) is 26.1 Å². The highest BCUT2D eigenvalue weighted by atomic mass is 19.1. The van der Waals surface area contributed by atoms with Crippen LogP contribution in [0.25, 0.3) is 0 Å². The van der Waals surface area contributed by atoms with Crippen molar-refractivity contribution in [1.82, 2.24) is 0 Å². The second kappa shape index (κ2) is 4.98. The van der Waals surface area contributed by atoms with Crippen molar-refractivity contribution < 1.29 is 18.6 Å². The standard InChI is InChI=1S/C12H15F2NO2/c13-8-1-2-9(14)12(16)10(8)11(15)7-3-5-17-6-4-7/h1-2,7,11,16H,3-6,15H2/t11-/m1/s1. The van der Waals surface area contributed by atoms with Gasteiger partial charge in [-0.1, -0.05) is 0 Å². The molecule has 2 rings (SSSR count). The summed E-state index contributed by atoms with van der Waals surface area (Å²) in [7, 11) is 0. The second-order valence-corrected chi connectivity index (χ2v) is 4.27. The van der Waals surface area contributed by atoms with Gasteiger partial charge in [0.1, 0.15) is 5.82 Å². The minimum atomic E-state index is -0.844. The van der Waals surface area contributed by atoms with Crippen molar-refractivity contribution in [3.63, 3.8) is 0 Å². The van der Waals surface area contributed by atoms with E-state index in [1.54, 1.807) is 0 Å². The van der Waals surface area contributed by atoms with E-state index in [9.17, 15) is 13.9 Å². The summed E-state index contributed by atoms with van der Waals surface area (Å²) in [5.74, 6) is -2.18. The zero-order valence-electron chi connectivity index (χ0n) is 9.33. The van der Waals surface area contributed by atoms with Crippen molar-refractivity contribution in [3.8, 4) is 5.75 Å². The molecule has 1 saturated heterocycles. The molecule has 94 valence electrons. The van der Waals surface area contributed by atoms with E-state index in [0.717, 1.165) is 12.1 Å². The molecule has 1 heterocycles. The van der Waals surface area contributed by atoms with Gasteiger partial charge in [-0.2, -0.15) is 0 Å². The Labute approximate surface area is 98.2 Å². The van der Waals surface area contributed by atoms with Gasteiger partial charge >= 0.3 is 0 Å². The number of phenols is 1. The minimum absolute atomic E-state index is 0.00551. The van der Waals surface area contributed by atoms with Crippen molar-refractivity contribution >= 4 is 0 Å². The molecule has 1 aliphatic rings. The third-order valence-electron chi connectivity index (χ3n) is 3.22. The van der Waals surface area contributed by atoms with Crippen LogP contribution in [-0.4, -0.2) is 18.3 Å². The van der Waals surface area contributed by atoms with E-state index in [-0.39, 0.29) is 11.5 Å². The smallest absolute Gasteiger partial charge is 0.165 e. The van der Waals surface area contributed by atoms with Crippen molar-refractivity contribution in [1.29, 1.82) is 0 Å². The summed E-state index contributed by atoms with van der Waals surface area (Å²) in [6, 6.07) is 1.18. The van der Waals surface area contributed by atoms with Crippen LogP contribution < -0.4 is 5.73 Å². The van der Waals surface area contributed by atoms with Crippen LogP contribution in [0.1, 0.15) is 24.4 Å². The summed E-state index contributed by atoms with van der Waals surface area (Å²) in [6.45, 7) is 1.13. The first-order chi connectivity index (χ1) is 8.11. The van der Waals surface area contributed by atoms with E-state index in [4.69, 9.17) is 10.5 Å². The highest BCUT2D eigenvalue weighted by molar-refractivity contribution is 5.37. The van der Waals surface area contributed by atoms with Crippen molar-refractivity contribution in [3.05, 3.63) is 29.3 Å². The van der Waals surface area contributed by atoms with Gasteiger partial charge in [0, 0.05) is 24.8 Å². The molecule has 0 unspecified atom stereocenters. The first-order valence-corrected chi connectivity index (χ1v) is 5.61. The van der Waals surface area contributed by atoms with Crippen molar-refractivity contribution in [2.75, 3.05) is 13.2 Å². The van der Waals surface area contributed by atoms with E-state index in [2.05, 4.69) is 0 Å². The van der Waals surface area contributed by atoms with Crippen LogP contribution in [0.5, 0.6) is 5.75 Å². The van der Waals surface area contributed by atoms with Crippen LogP contribution in [0, 0.1) is 17.6 Å². The number of benzene rings is 1. The number of nitrogens with two attached hydrogens (primary N) is 1. The van der Waals surface area contributed by atoms with Gasteiger partial charge in [0.15, 0.2) is 11.6 Å². The molecular formula is C12H15F2NO2. The summed E-state index contributed by atoms with van der Waals surface area (Å²) in [5.41, 5.74) is 5.79. The minimum Gasteiger partial charge on any atom is -0.505 e. The molecule has 0 spiro atoms. The maximum Gasteiger partial charge on any atom is 0.165 e. The maximum absolute atomic E-state index is 13.6. The Morgan fingerprint density at radius 1 is 1.24 bits per heavy atom. The molecule has 0 amide bonds. The lowest BCUT2D eigenvalue weighted by Crippen LogP contribution is -2.28. The highest BCUT2D eigenvalue weighted by Crippen LogP contribution is 2.35. The number of halogens is 2. The summed E-state index contributed by atoms with van der Waals surface area (Å²) < 4.78 is 32.0. The molecule has 3 nitrogen and oxygen atoms in total. The SMILES string of the molecule is N[C@@H](c1c(F)ccc(F)c1O)C1CCOCC1. The molecule has 1 aliphatic heterocycles. The van der Waals surface area contributed by atoms with Gasteiger partial charge < -0.3 is 15.6 Å². The van der Waals surface area contributed by atoms with Crippen molar-refractivity contribution in [2.45, 2.75) is 18.9 Å². The average Bonchev–Trinajstić information content (AvgIpc) is 2.35. The highest BCUT2D eigenvalue weighted by Gasteiger charge is 2.27. The normalized spacial score (nSPS) is 19.2. The molecule has 0 radical (unpaired) electrons. The van der Waals surface area contributed by atoms with E-state index in [1.165, 1.54) is 0 Å². The van der Waals surface area contributed by atoms with Gasteiger partial charge in [0.25, 0.3) is 0 Å². The first kappa shape index (κ1) is 12.3. The average molecular weight is 243 g/mol. The van der Waals surface area contributed by atoms with E-state index >= 15 is 0 Å². The largest absolute Gasteiger partial charge is 0.505 e. The van der Waals surface area contributed by atoms with Gasteiger partial charge in [-0.25, -0.2) is 8.78 Å². The van der Waals surface area contributed by atoms with Crippen LogP contribution in [-0.2, 0) is 4.74 Å². The Bertz CT molecular complexity index is 406. The van der Waals surface area contributed by atoms with E-state index in [1.807, 2.05) is 0 Å². The van der Waals surface area contributed by atoms with Crippen LogP contribution in [0.4, 0.5) is 8.78 Å². The molecule has 1 fully saturated rings. The Kier molecular flexibility index (Phi) is 3.59. The maximum atomic E-state index is 13.6. The molecule has 5 heteroatoms. The number of ether oxygens (including phenoxy) is 1. The Balaban J connectivity index is 2.29. The summed E-state index contributed by atoms with van der Waals surface area (Å²) >= 11 is 0. The first-order valence-electron chi connectivity index (χ1n) is 5.61. The molecule has 1 aromatic rings. The number of rotatable bonds is 2. The number of aromatic hydroxyl groups is 1. The second-order valence-electron chi connectivity index (χ2n) is 4.27. The third-order valence-corrected chi connectivity index (χ3v) is 3.22. The quantitative estimate of drug-likeness (QED) is 0.836. The van der Waals surface area contributed by atoms with Crippen LogP contribution >= 0.6 is 0 Å². The summed E-state index contributed by atoms with van der Waals surface area (Å²) in [6.07, 6.45) is 1.38. The van der Waals surface area contributed by atoms with Crippen LogP contribution in [0.15, 0.2) is 12.1 Å². The summed E-state index contributed by atoms with van der Waals surface area (Å²) in [5, 5.41) is 9.55. The predicted octanol–water partition coefficient (Wildman–Crippen LogP) is 2.10. The molecule has 1 atom stereocenters. The van der Waals surface area contributed by atoms with E-state index < -0.39 is 23.4 Å². The van der Waals surface area contributed by atoms with Gasteiger partial charge in [0.05, 0.1) is 0 Å². The number of hydrogen-bond acceptors (Lipinski definition) is 3. The lowest BCUT2D eigenvalue weighted by Gasteiger charge is -2.28. The lowest BCUT2D eigenvalue weighted by molar-refractivity contribution is 0.0576. The van der Waals surface area contributed by atoms with Gasteiger partial charge in [-0.3, -0.25) is 0 Å². The fourth-order valence-electron chi connectivity index (χ4n) is 2.18. The number of hydrogen-bond donors (Lipinski definition) is 2. The van der Waals surface area contributed by atoms with Gasteiger partial charge in [-0.15, -0.1) is 0 Å². The molecule has 1 aromatic carbocycles. The van der Waals surface area contributed by atoms with Crippen LogP contribution in [0.2, 0.25) is 0 Å². The summed E-state index contributed by atoms with van der Waals surface area (Å²) in [4.78, 5) is 0. The Morgan fingerprint density at radius 3 is 2.47 bits per heavy atom. The molecule has 0 aromatic heterocycles. The van der Waals surface area contributed by atoms with Gasteiger partial charge in [-0.05, 0) is 30.9 Å². The molecule has 3 N–H and O–H groups in total. The zero-order chi connectivity index (χ0) is 12.4. The van der Waals surface area contributed by atoms with Crippen molar-refractivity contribution in [2.24, 2.45) is 11.7 Å². The molecule has 0 aliphatic carbocycles. The third kappa shape index (κ3) is 2.40. The monoisotopic (exact) mass is 243 g/mol. The Morgan fingerprint density at radius 2 is 1.82 bits per heavy atom. The topological polar surface area (TPSA) is 55.5 Å².